The average Bonchev–Trinajstić information content (AvgIpc) is 2.77. The van der Waals surface area contributed by atoms with Crippen molar-refractivity contribution in [1.29, 1.82) is 0 Å². The Morgan fingerprint density at radius 3 is 2.72 bits per heavy atom. The molecule has 2 rings (SSSR count). The molecular weight excluding hydrogens is 269 g/mol. The third-order valence-corrected chi connectivity index (χ3v) is 3.56. The lowest BCUT2D eigenvalue weighted by Crippen LogP contribution is -2.23. The molecule has 2 aromatic rings. The van der Waals surface area contributed by atoms with Crippen molar-refractivity contribution in [2.24, 2.45) is 7.05 Å². The molecule has 0 spiro atoms. The lowest BCUT2D eigenvalue weighted by atomic mass is 10.0. The summed E-state index contributed by atoms with van der Waals surface area (Å²) in [6, 6.07) is 7.59. The van der Waals surface area contributed by atoms with Crippen LogP contribution >= 0.6 is 23.2 Å². The molecule has 0 aliphatic heterocycles. The van der Waals surface area contributed by atoms with E-state index in [9.17, 15) is 0 Å². The van der Waals surface area contributed by atoms with Gasteiger partial charge in [-0.3, -0.25) is 4.68 Å². The Morgan fingerprint density at radius 1 is 1.33 bits per heavy atom. The van der Waals surface area contributed by atoms with Crippen LogP contribution in [-0.2, 0) is 7.05 Å². The van der Waals surface area contributed by atoms with Gasteiger partial charge in [0.15, 0.2) is 0 Å². The van der Waals surface area contributed by atoms with Gasteiger partial charge in [0.1, 0.15) is 0 Å². The summed E-state index contributed by atoms with van der Waals surface area (Å²) in [7, 11) is 1.89. The van der Waals surface area contributed by atoms with Crippen LogP contribution in [0.25, 0.3) is 0 Å². The largest absolute Gasteiger partial charge is 0.305 e. The summed E-state index contributed by atoms with van der Waals surface area (Å²) in [5, 5.41) is 8.95. The minimum Gasteiger partial charge on any atom is -0.305 e. The molecule has 1 aromatic heterocycles. The van der Waals surface area contributed by atoms with Crippen molar-refractivity contribution >= 4 is 23.2 Å². The molecule has 1 heterocycles. The van der Waals surface area contributed by atoms with Crippen molar-refractivity contribution in [1.82, 2.24) is 15.1 Å². The molecule has 96 valence electrons. The van der Waals surface area contributed by atoms with Gasteiger partial charge < -0.3 is 5.32 Å². The normalized spacial score (nSPS) is 12.7. The molecule has 5 heteroatoms. The second-order valence-electron chi connectivity index (χ2n) is 4.05. The Balaban J connectivity index is 2.44. The molecule has 0 aliphatic rings. The summed E-state index contributed by atoms with van der Waals surface area (Å²) in [5.41, 5.74) is 1.88. The fourth-order valence-electron chi connectivity index (χ4n) is 1.91. The van der Waals surface area contributed by atoms with Crippen LogP contribution < -0.4 is 5.32 Å². The van der Waals surface area contributed by atoms with Gasteiger partial charge in [0.25, 0.3) is 0 Å². The summed E-state index contributed by atoms with van der Waals surface area (Å²) in [6.45, 7) is 2.87. The molecular formula is C13H15Cl2N3. The first-order valence-electron chi connectivity index (χ1n) is 5.80. The van der Waals surface area contributed by atoms with Crippen LogP contribution in [0, 0.1) is 0 Å². The summed E-state index contributed by atoms with van der Waals surface area (Å²) in [4.78, 5) is 0. The number of nitrogens with one attached hydrogen (secondary N) is 1. The van der Waals surface area contributed by atoms with E-state index in [2.05, 4.69) is 10.4 Å². The van der Waals surface area contributed by atoms with E-state index in [-0.39, 0.29) is 6.04 Å². The number of hydrogen-bond acceptors (Lipinski definition) is 2. The van der Waals surface area contributed by atoms with Crippen molar-refractivity contribution in [3.63, 3.8) is 0 Å². The van der Waals surface area contributed by atoms with Crippen molar-refractivity contribution < 1.29 is 0 Å². The topological polar surface area (TPSA) is 29.9 Å². The van der Waals surface area contributed by atoms with E-state index in [1.54, 1.807) is 10.7 Å². The molecule has 0 amide bonds. The van der Waals surface area contributed by atoms with Gasteiger partial charge in [0.2, 0.25) is 0 Å². The predicted molar refractivity (Wildman–Crippen MR) is 75.2 cm³/mol. The smallest absolute Gasteiger partial charge is 0.0839 e. The molecule has 1 unspecified atom stereocenters. The van der Waals surface area contributed by atoms with Gasteiger partial charge in [0.05, 0.1) is 21.8 Å². The number of benzene rings is 1. The summed E-state index contributed by atoms with van der Waals surface area (Å²) >= 11 is 12.3. The molecule has 0 saturated heterocycles. The van der Waals surface area contributed by atoms with E-state index in [0.717, 1.165) is 17.8 Å². The van der Waals surface area contributed by atoms with E-state index in [4.69, 9.17) is 23.2 Å². The highest BCUT2D eigenvalue weighted by Gasteiger charge is 2.19. The first-order chi connectivity index (χ1) is 8.63. The Hall–Kier alpha value is -1.03. The maximum atomic E-state index is 6.27. The standard InChI is InChI=1S/C13H15Cl2N3/c1-3-16-13(11-7-8-18(2)17-11)9-5-4-6-10(14)12(9)15/h4-8,13,16H,3H2,1-2H3. The number of hydrogen-bond donors (Lipinski definition) is 1. The van der Waals surface area contributed by atoms with Crippen LogP contribution in [0.5, 0.6) is 0 Å². The SMILES string of the molecule is CCNC(c1ccn(C)n1)c1cccc(Cl)c1Cl. The third-order valence-electron chi connectivity index (χ3n) is 2.73. The Morgan fingerprint density at radius 2 is 2.11 bits per heavy atom. The zero-order chi connectivity index (χ0) is 13.1. The van der Waals surface area contributed by atoms with Gasteiger partial charge in [-0.25, -0.2) is 0 Å². The van der Waals surface area contributed by atoms with E-state index in [0.29, 0.717) is 10.0 Å². The first kappa shape index (κ1) is 13.4. The van der Waals surface area contributed by atoms with Crippen LogP contribution in [-0.4, -0.2) is 16.3 Å². The molecule has 1 aromatic carbocycles. The van der Waals surface area contributed by atoms with E-state index < -0.39 is 0 Å². The monoisotopic (exact) mass is 283 g/mol. The second kappa shape index (κ2) is 5.74. The van der Waals surface area contributed by atoms with Gasteiger partial charge in [-0.2, -0.15) is 5.10 Å². The highest BCUT2D eigenvalue weighted by molar-refractivity contribution is 6.42. The van der Waals surface area contributed by atoms with Gasteiger partial charge in [-0.15, -0.1) is 0 Å². The second-order valence-corrected chi connectivity index (χ2v) is 4.83. The number of halogens is 2. The minimum absolute atomic E-state index is 0.0394. The fourth-order valence-corrected chi connectivity index (χ4v) is 2.33. The molecule has 0 radical (unpaired) electrons. The maximum Gasteiger partial charge on any atom is 0.0839 e. The van der Waals surface area contributed by atoms with E-state index >= 15 is 0 Å². The number of aromatic nitrogens is 2. The minimum atomic E-state index is -0.0394. The number of rotatable bonds is 4. The molecule has 1 atom stereocenters. The maximum absolute atomic E-state index is 6.27. The predicted octanol–water partition coefficient (Wildman–Crippen LogP) is 3.43. The lowest BCUT2D eigenvalue weighted by molar-refractivity contribution is 0.600. The highest BCUT2D eigenvalue weighted by Crippen LogP contribution is 2.32. The Labute approximate surface area is 117 Å². The number of aryl methyl sites for hydroxylation is 1. The first-order valence-corrected chi connectivity index (χ1v) is 6.56. The average molecular weight is 284 g/mol. The summed E-state index contributed by atoms with van der Waals surface area (Å²) in [5.74, 6) is 0. The van der Waals surface area contributed by atoms with Crippen molar-refractivity contribution in [3.8, 4) is 0 Å². The van der Waals surface area contributed by atoms with Gasteiger partial charge in [0, 0.05) is 13.2 Å². The molecule has 1 N–H and O–H groups in total. The third kappa shape index (κ3) is 2.69. The molecule has 18 heavy (non-hydrogen) atoms. The summed E-state index contributed by atoms with van der Waals surface area (Å²) in [6.07, 6.45) is 1.91. The fraction of sp³-hybridized carbons (Fsp3) is 0.308. The molecule has 0 bridgehead atoms. The molecule has 3 nitrogen and oxygen atoms in total. The van der Waals surface area contributed by atoms with Crippen molar-refractivity contribution in [2.45, 2.75) is 13.0 Å². The highest BCUT2D eigenvalue weighted by atomic mass is 35.5. The van der Waals surface area contributed by atoms with Gasteiger partial charge >= 0.3 is 0 Å². The van der Waals surface area contributed by atoms with Crippen molar-refractivity contribution in [2.75, 3.05) is 6.54 Å². The zero-order valence-electron chi connectivity index (χ0n) is 10.3. The van der Waals surface area contributed by atoms with Crippen LogP contribution in [0.15, 0.2) is 30.5 Å². The quantitative estimate of drug-likeness (QED) is 0.932. The Kier molecular flexibility index (Phi) is 4.27. The van der Waals surface area contributed by atoms with Crippen LogP contribution in [0.2, 0.25) is 10.0 Å². The van der Waals surface area contributed by atoms with Crippen LogP contribution in [0.4, 0.5) is 0 Å². The van der Waals surface area contributed by atoms with Gasteiger partial charge in [-0.1, -0.05) is 42.3 Å². The molecule has 0 aliphatic carbocycles. The summed E-state index contributed by atoms with van der Waals surface area (Å²) < 4.78 is 1.78. The zero-order valence-corrected chi connectivity index (χ0v) is 11.8. The van der Waals surface area contributed by atoms with E-state index in [1.165, 1.54) is 0 Å². The van der Waals surface area contributed by atoms with Crippen LogP contribution in [0.3, 0.4) is 0 Å². The van der Waals surface area contributed by atoms with Gasteiger partial charge in [-0.05, 0) is 24.2 Å². The van der Waals surface area contributed by atoms with E-state index in [1.807, 2.05) is 38.4 Å². The number of nitrogens with zero attached hydrogens (tertiary/aromatic N) is 2. The molecule has 0 fully saturated rings. The Bertz CT molecular complexity index is 537. The lowest BCUT2D eigenvalue weighted by Gasteiger charge is -2.18. The van der Waals surface area contributed by atoms with Crippen LogP contribution in [0.1, 0.15) is 24.2 Å². The van der Waals surface area contributed by atoms with Crippen molar-refractivity contribution in [3.05, 3.63) is 51.8 Å². The molecule has 0 saturated carbocycles.